The van der Waals surface area contributed by atoms with Crippen molar-refractivity contribution in [2.45, 2.75) is 27.4 Å². The number of carbonyl (C=O) groups excluding carboxylic acids is 2. The van der Waals surface area contributed by atoms with E-state index in [1.165, 1.54) is 7.11 Å². The lowest BCUT2D eigenvalue weighted by Gasteiger charge is -2.07. The number of methoxy groups -OCH3 is 2. The number of benzene rings is 1. The second-order valence-electron chi connectivity index (χ2n) is 6.50. The zero-order valence-electron chi connectivity index (χ0n) is 17.9. The molecule has 10 nitrogen and oxygen atoms in total. The number of esters is 2. The van der Waals surface area contributed by atoms with Gasteiger partial charge in [-0.3, -0.25) is 0 Å². The molecule has 0 spiro atoms. The highest BCUT2D eigenvalue weighted by Crippen LogP contribution is 2.31. The Hall–Kier alpha value is -3.82. The third kappa shape index (κ3) is 4.52. The van der Waals surface area contributed by atoms with Gasteiger partial charge in [-0.1, -0.05) is 5.16 Å². The topological polar surface area (TPSA) is 126 Å². The van der Waals surface area contributed by atoms with Gasteiger partial charge in [-0.25, -0.2) is 9.59 Å². The normalized spacial score (nSPS) is 10.6. The molecule has 0 bridgehead atoms. The molecular formula is C21H23N3O7. The standard InChI is InChI=1S/C21H23N3O7/c1-6-29-21(26)18-11(2)17(12(3)22-18)20(25)30-10-16-23-19(24-31-16)14-8-7-13(27-4)9-15(14)28-5/h7-9,22H,6,10H2,1-5H3. The Morgan fingerprint density at radius 3 is 2.55 bits per heavy atom. The van der Waals surface area contributed by atoms with E-state index in [0.29, 0.717) is 28.3 Å². The average Bonchev–Trinajstić information content (AvgIpc) is 3.35. The van der Waals surface area contributed by atoms with Crippen LogP contribution in [0.1, 0.15) is 44.9 Å². The number of aromatic amines is 1. The molecule has 164 valence electrons. The monoisotopic (exact) mass is 429 g/mol. The maximum absolute atomic E-state index is 12.6. The largest absolute Gasteiger partial charge is 0.497 e. The van der Waals surface area contributed by atoms with Gasteiger partial charge in [0.05, 0.1) is 32.0 Å². The lowest BCUT2D eigenvalue weighted by molar-refractivity contribution is 0.0428. The molecule has 0 saturated carbocycles. The van der Waals surface area contributed by atoms with E-state index in [9.17, 15) is 9.59 Å². The molecule has 0 aliphatic rings. The Morgan fingerprint density at radius 1 is 1.10 bits per heavy atom. The summed E-state index contributed by atoms with van der Waals surface area (Å²) in [6.07, 6.45) is 0. The molecule has 0 aliphatic carbocycles. The lowest BCUT2D eigenvalue weighted by atomic mass is 10.1. The van der Waals surface area contributed by atoms with E-state index in [-0.39, 0.29) is 36.2 Å². The third-order valence-corrected chi connectivity index (χ3v) is 4.57. The number of aromatic nitrogens is 3. The summed E-state index contributed by atoms with van der Waals surface area (Å²) in [5.74, 6) is 0.369. The Bertz CT molecular complexity index is 1100. The summed E-state index contributed by atoms with van der Waals surface area (Å²) in [5, 5.41) is 3.92. The van der Waals surface area contributed by atoms with Crippen LogP contribution in [-0.2, 0) is 16.1 Å². The van der Waals surface area contributed by atoms with E-state index in [4.69, 9.17) is 23.5 Å². The van der Waals surface area contributed by atoms with E-state index in [2.05, 4.69) is 15.1 Å². The fourth-order valence-corrected chi connectivity index (χ4v) is 3.07. The van der Waals surface area contributed by atoms with Gasteiger partial charge in [0.25, 0.3) is 5.89 Å². The van der Waals surface area contributed by atoms with E-state index >= 15 is 0 Å². The molecule has 0 radical (unpaired) electrons. The number of nitrogens with zero attached hydrogens (tertiary/aromatic N) is 2. The second kappa shape index (κ2) is 9.33. The summed E-state index contributed by atoms with van der Waals surface area (Å²) in [7, 11) is 3.08. The zero-order chi connectivity index (χ0) is 22.5. The minimum Gasteiger partial charge on any atom is -0.497 e. The fraction of sp³-hybridized carbons (Fsp3) is 0.333. The molecule has 2 heterocycles. The lowest BCUT2D eigenvalue weighted by Crippen LogP contribution is -2.09. The first-order valence-electron chi connectivity index (χ1n) is 9.47. The van der Waals surface area contributed by atoms with Crippen LogP contribution in [0.2, 0.25) is 0 Å². The molecule has 0 atom stereocenters. The molecule has 31 heavy (non-hydrogen) atoms. The highest BCUT2D eigenvalue weighted by atomic mass is 16.6. The van der Waals surface area contributed by atoms with Crippen LogP contribution in [-0.4, -0.2) is 47.9 Å². The van der Waals surface area contributed by atoms with Crippen LogP contribution in [0.3, 0.4) is 0 Å². The van der Waals surface area contributed by atoms with Crippen molar-refractivity contribution in [3.63, 3.8) is 0 Å². The maximum Gasteiger partial charge on any atom is 0.355 e. The molecule has 0 aliphatic heterocycles. The van der Waals surface area contributed by atoms with Gasteiger partial charge in [0, 0.05) is 11.8 Å². The zero-order valence-corrected chi connectivity index (χ0v) is 17.9. The quantitative estimate of drug-likeness (QED) is 0.537. The summed E-state index contributed by atoms with van der Waals surface area (Å²) >= 11 is 0. The number of aryl methyl sites for hydroxylation is 1. The SMILES string of the molecule is CCOC(=O)c1[nH]c(C)c(C(=O)OCc2nc(-c3ccc(OC)cc3OC)no2)c1C. The number of rotatable bonds is 8. The van der Waals surface area contributed by atoms with Crippen molar-refractivity contribution in [3.8, 4) is 22.9 Å². The minimum atomic E-state index is -0.622. The van der Waals surface area contributed by atoms with E-state index in [1.807, 2.05) is 0 Å². The second-order valence-corrected chi connectivity index (χ2v) is 6.50. The van der Waals surface area contributed by atoms with Gasteiger partial charge in [0.15, 0.2) is 6.61 Å². The first-order chi connectivity index (χ1) is 14.9. The predicted octanol–water partition coefficient (Wildman–Crippen LogP) is 3.23. The van der Waals surface area contributed by atoms with Crippen molar-refractivity contribution >= 4 is 11.9 Å². The number of nitrogens with one attached hydrogen (secondary N) is 1. The van der Waals surface area contributed by atoms with Crippen LogP contribution in [0.4, 0.5) is 0 Å². The molecule has 0 saturated heterocycles. The predicted molar refractivity (Wildman–Crippen MR) is 108 cm³/mol. The number of hydrogen-bond donors (Lipinski definition) is 1. The third-order valence-electron chi connectivity index (χ3n) is 4.57. The Morgan fingerprint density at radius 2 is 1.87 bits per heavy atom. The van der Waals surface area contributed by atoms with Crippen molar-refractivity contribution in [1.82, 2.24) is 15.1 Å². The van der Waals surface area contributed by atoms with E-state index in [0.717, 1.165) is 0 Å². The molecule has 0 amide bonds. The molecule has 1 aromatic carbocycles. The summed E-state index contributed by atoms with van der Waals surface area (Å²) in [4.78, 5) is 31.7. The molecule has 2 aromatic heterocycles. The van der Waals surface area contributed by atoms with Gasteiger partial charge in [-0.15, -0.1) is 0 Å². The number of hydrogen-bond acceptors (Lipinski definition) is 9. The van der Waals surface area contributed by atoms with Gasteiger partial charge < -0.3 is 28.5 Å². The van der Waals surface area contributed by atoms with Crippen LogP contribution < -0.4 is 9.47 Å². The number of carbonyl (C=O) groups is 2. The number of H-pyrrole nitrogens is 1. The van der Waals surface area contributed by atoms with Crippen LogP contribution in [0, 0.1) is 13.8 Å². The van der Waals surface area contributed by atoms with Gasteiger partial charge in [0.1, 0.15) is 17.2 Å². The molecule has 1 N–H and O–H groups in total. The van der Waals surface area contributed by atoms with Crippen molar-refractivity contribution in [3.05, 3.63) is 46.6 Å². The van der Waals surface area contributed by atoms with Gasteiger partial charge in [0.2, 0.25) is 5.82 Å². The average molecular weight is 429 g/mol. The molecule has 10 heteroatoms. The van der Waals surface area contributed by atoms with Gasteiger partial charge >= 0.3 is 11.9 Å². The molecule has 3 aromatic rings. The smallest absolute Gasteiger partial charge is 0.355 e. The number of ether oxygens (including phenoxy) is 4. The van der Waals surface area contributed by atoms with Crippen molar-refractivity contribution in [1.29, 1.82) is 0 Å². The van der Waals surface area contributed by atoms with Crippen LogP contribution in [0.25, 0.3) is 11.4 Å². The van der Waals surface area contributed by atoms with Crippen LogP contribution in [0.5, 0.6) is 11.5 Å². The molecular weight excluding hydrogens is 406 g/mol. The van der Waals surface area contributed by atoms with Crippen LogP contribution >= 0.6 is 0 Å². The van der Waals surface area contributed by atoms with E-state index < -0.39 is 11.9 Å². The first kappa shape index (κ1) is 21.9. The maximum atomic E-state index is 12.6. The highest BCUT2D eigenvalue weighted by Gasteiger charge is 2.24. The summed E-state index contributed by atoms with van der Waals surface area (Å²) in [6.45, 7) is 5.02. The first-order valence-corrected chi connectivity index (χ1v) is 9.47. The van der Waals surface area contributed by atoms with Crippen LogP contribution in [0.15, 0.2) is 22.7 Å². The minimum absolute atomic E-state index is 0.109. The summed E-state index contributed by atoms with van der Waals surface area (Å²) in [6, 6.07) is 5.18. The van der Waals surface area contributed by atoms with Gasteiger partial charge in [-0.05, 0) is 38.5 Å². The fourth-order valence-electron chi connectivity index (χ4n) is 3.07. The molecule has 3 rings (SSSR count). The van der Waals surface area contributed by atoms with E-state index in [1.54, 1.807) is 46.1 Å². The van der Waals surface area contributed by atoms with Crippen molar-refractivity contribution in [2.75, 3.05) is 20.8 Å². The Kier molecular flexibility index (Phi) is 6.58. The molecule has 0 unspecified atom stereocenters. The summed E-state index contributed by atoms with van der Waals surface area (Å²) < 4.78 is 26.0. The Balaban J connectivity index is 1.73. The van der Waals surface area contributed by atoms with Crippen molar-refractivity contribution in [2.24, 2.45) is 0 Å². The summed E-state index contributed by atoms with van der Waals surface area (Å²) in [5.41, 5.74) is 2.04. The molecule has 0 fully saturated rings. The highest BCUT2D eigenvalue weighted by molar-refractivity contribution is 5.98. The van der Waals surface area contributed by atoms with Gasteiger partial charge in [-0.2, -0.15) is 4.98 Å². The van der Waals surface area contributed by atoms with Crippen molar-refractivity contribution < 1.29 is 33.1 Å². The Labute approximate surface area is 178 Å².